The van der Waals surface area contributed by atoms with E-state index in [9.17, 15) is 4.79 Å². The summed E-state index contributed by atoms with van der Waals surface area (Å²) in [6.45, 7) is 12.7. The molecule has 1 saturated heterocycles. The van der Waals surface area contributed by atoms with E-state index in [4.69, 9.17) is 0 Å². The van der Waals surface area contributed by atoms with Gasteiger partial charge in [0.1, 0.15) is 0 Å². The van der Waals surface area contributed by atoms with Gasteiger partial charge in [-0.25, -0.2) is 0 Å². The predicted octanol–water partition coefficient (Wildman–Crippen LogP) is 4.06. The molecule has 0 aliphatic carbocycles. The van der Waals surface area contributed by atoms with Crippen molar-refractivity contribution in [2.24, 2.45) is 5.92 Å². The zero-order valence-corrected chi connectivity index (χ0v) is 14.7. The number of nitrogens with one attached hydrogen (secondary N) is 1. The van der Waals surface area contributed by atoms with Crippen LogP contribution in [0.15, 0.2) is 12.1 Å². The van der Waals surface area contributed by atoms with Crippen molar-refractivity contribution in [2.75, 3.05) is 18.4 Å². The number of likely N-dealkylation sites (tertiary alicyclic amines) is 1. The van der Waals surface area contributed by atoms with Crippen LogP contribution in [0.4, 0.5) is 5.69 Å². The fourth-order valence-corrected chi connectivity index (χ4v) is 3.56. The van der Waals surface area contributed by atoms with Gasteiger partial charge >= 0.3 is 0 Å². The lowest BCUT2D eigenvalue weighted by Gasteiger charge is -2.36. The van der Waals surface area contributed by atoms with E-state index < -0.39 is 0 Å². The van der Waals surface area contributed by atoms with Crippen LogP contribution in [0.2, 0.25) is 0 Å². The van der Waals surface area contributed by atoms with Crippen LogP contribution in [0.25, 0.3) is 0 Å². The van der Waals surface area contributed by atoms with Gasteiger partial charge in [-0.2, -0.15) is 0 Å². The molecule has 3 heteroatoms. The molecule has 22 heavy (non-hydrogen) atoms. The highest BCUT2D eigenvalue weighted by Crippen LogP contribution is 2.24. The number of hydrogen-bond acceptors (Lipinski definition) is 2. The normalized spacial score (nSPS) is 19.5. The Kier molecular flexibility index (Phi) is 5.63. The number of piperidine rings is 1. The fraction of sp³-hybridized carbons (Fsp3) is 0.632. The van der Waals surface area contributed by atoms with E-state index in [0.29, 0.717) is 5.92 Å². The summed E-state index contributed by atoms with van der Waals surface area (Å²) in [5.74, 6) is 0.756. The van der Waals surface area contributed by atoms with E-state index in [1.807, 2.05) is 0 Å². The number of aryl methyl sites for hydroxylation is 3. The first kappa shape index (κ1) is 17.0. The van der Waals surface area contributed by atoms with E-state index in [0.717, 1.165) is 42.7 Å². The molecule has 0 saturated carbocycles. The SMILES string of the molecule is Cc1cc(C)c(NC(=O)C2CCCCN2CC(C)C)c(C)c1. The lowest BCUT2D eigenvalue weighted by atomic mass is 9.99. The average Bonchev–Trinajstić information content (AvgIpc) is 2.42. The van der Waals surface area contributed by atoms with E-state index in [1.165, 1.54) is 12.0 Å². The molecule has 1 aliphatic heterocycles. The summed E-state index contributed by atoms with van der Waals surface area (Å²) < 4.78 is 0. The lowest BCUT2D eigenvalue weighted by Crippen LogP contribution is -2.48. The van der Waals surface area contributed by atoms with Crippen LogP contribution >= 0.6 is 0 Å². The molecule has 122 valence electrons. The highest BCUT2D eigenvalue weighted by molar-refractivity contribution is 5.96. The van der Waals surface area contributed by atoms with Crippen molar-refractivity contribution in [2.45, 2.75) is 59.9 Å². The molecule has 1 fully saturated rings. The Morgan fingerprint density at radius 2 is 1.86 bits per heavy atom. The van der Waals surface area contributed by atoms with E-state index in [1.54, 1.807) is 0 Å². The third kappa shape index (κ3) is 4.10. The minimum Gasteiger partial charge on any atom is -0.324 e. The van der Waals surface area contributed by atoms with Gasteiger partial charge in [0.25, 0.3) is 0 Å². The first-order valence-electron chi connectivity index (χ1n) is 8.51. The Hall–Kier alpha value is -1.35. The standard InChI is InChI=1S/C19H30N2O/c1-13(2)12-21-9-7-6-8-17(21)19(22)20-18-15(4)10-14(3)11-16(18)5/h10-11,13,17H,6-9,12H2,1-5H3,(H,20,22). The van der Waals surface area contributed by atoms with Gasteiger partial charge < -0.3 is 5.32 Å². The number of benzene rings is 1. The molecule has 3 nitrogen and oxygen atoms in total. The zero-order chi connectivity index (χ0) is 16.3. The van der Waals surface area contributed by atoms with Crippen LogP contribution in [-0.4, -0.2) is 29.9 Å². The van der Waals surface area contributed by atoms with Gasteiger partial charge in [0.05, 0.1) is 6.04 Å². The number of nitrogens with zero attached hydrogens (tertiary/aromatic N) is 1. The summed E-state index contributed by atoms with van der Waals surface area (Å²) >= 11 is 0. The molecular formula is C19H30N2O. The van der Waals surface area contributed by atoms with Crippen LogP contribution in [0.3, 0.4) is 0 Å². The summed E-state index contributed by atoms with van der Waals surface area (Å²) in [5, 5.41) is 3.20. The average molecular weight is 302 g/mol. The van der Waals surface area contributed by atoms with Crippen molar-refractivity contribution in [3.8, 4) is 0 Å². The van der Waals surface area contributed by atoms with Gasteiger partial charge in [-0.1, -0.05) is 38.0 Å². The molecule has 0 spiro atoms. The molecule has 1 amide bonds. The lowest BCUT2D eigenvalue weighted by molar-refractivity contribution is -0.122. The number of amides is 1. The molecule has 1 aliphatic rings. The van der Waals surface area contributed by atoms with Crippen LogP contribution in [-0.2, 0) is 4.79 Å². The highest BCUT2D eigenvalue weighted by Gasteiger charge is 2.29. The Morgan fingerprint density at radius 1 is 1.23 bits per heavy atom. The van der Waals surface area contributed by atoms with Crippen molar-refractivity contribution in [3.05, 3.63) is 28.8 Å². The zero-order valence-electron chi connectivity index (χ0n) is 14.7. The molecular weight excluding hydrogens is 272 g/mol. The maximum absolute atomic E-state index is 12.8. The van der Waals surface area contributed by atoms with E-state index in [-0.39, 0.29) is 11.9 Å². The second kappa shape index (κ2) is 7.28. The summed E-state index contributed by atoms with van der Waals surface area (Å²) in [4.78, 5) is 15.2. The highest BCUT2D eigenvalue weighted by atomic mass is 16.2. The van der Waals surface area contributed by atoms with Crippen molar-refractivity contribution in [1.82, 2.24) is 4.90 Å². The largest absolute Gasteiger partial charge is 0.324 e. The predicted molar refractivity (Wildman–Crippen MR) is 93.3 cm³/mol. The minimum atomic E-state index is 0.0243. The van der Waals surface area contributed by atoms with Gasteiger partial charge in [0, 0.05) is 12.2 Å². The van der Waals surface area contributed by atoms with Gasteiger partial charge in [-0.15, -0.1) is 0 Å². The summed E-state index contributed by atoms with van der Waals surface area (Å²) in [5.41, 5.74) is 4.53. The van der Waals surface area contributed by atoms with E-state index in [2.05, 4.69) is 57.0 Å². The molecule has 0 bridgehead atoms. The molecule has 0 aromatic heterocycles. The molecule has 1 N–H and O–H groups in total. The van der Waals surface area contributed by atoms with Gasteiger partial charge in [0.15, 0.2) is 0 Å². The molecule has 0 radical (unpaired) electrons. The maximum Gasteiger partial charge on any atom is 0.241 e. The molecule has 1 aromatic rings. The first-order chi connectivity index (χ1) is 10.4. The number of carbonyl (C=O) groups excluding carboxylic acids is 1. The summed E-state index contributed by atoms with van der Waals surface area (Å²) in [7, 11) is 0. The summed E-state index contributed by atoms with van der Waals surface area (Å²) in [6, 6.07) is 4.29. The molecule has 1 aromatic carbocycles. The van der Waals surface area contributed by atoms with Crippen LogP contribution in [0.5, 0.6) is 0 Å². The number of carbonyl (C=O) groups is 1. The minimum absolute atomic E-state index is 0.0243. The third-order valence-corrected chi connectivity index (χ3v) is 4.44. The molecule has 1 unspecified atom stereocenters. The van der Waals surface area contributed by atoms with Gasteiger partial charge in [-0.05, 0) is 57.2 Å². The monoisotopic (exact) mass is 302 g/mol. The number of rotatable bonds is 4. The van der Waals surface area contributed by atoms with Crippen LogP contribution < -0.4 is 5.32 Å². The Morgan fingerprint density at radius 3 is 2.45 bits per heavy atom. The quantitative estimate of drug-likeness (QED) is 0.909. The second-order valence-electron chi connectivity index (χ2n) is 7.16. The third-order valence-electron chi connectivity index (χ3n) is 4.44. The first-order valence-corrected chi connectivity index (χ1v) is 8.51. The van der Waals surface area contributed by atoms with Gasteiger partial charge in [0.2, 0.25) is 5.91 Å². The Labute approximate surface area is 135 Å². The van der Waals surface area contributed by atoms with Crippen molar-refractivity contribution >= 4 is 11.6 Å². The molecule has 1 heterocycles. The summed E-state index contributed by atoms with van der Waals surface area (Å²) in [6.07, 6.45) is 3.33. The number of hydrogen-bond donors (Lipinski definition) is 1. The topological polar surface area (TPSA) is 32.3 Å². The van der Waals surface area contributed by atoms with Gasteiger partial charge in [-0.3, -0.25) is 9.69 Å². The Bertz CT molecular complexity index is 513. The second-order valence-corrected chi connectivity index (χ2v) is 7.16. The smallest absolute Gasteiger partial charge is 0.241 e. The van der Waals surface area contributed by atoms with Crippen LogP contribution in [0, 0.1) is 26.7 Å². The van der Waals surface area contributed by atoms with Crippen molar-refractivity contribution in [3.63, 3.8) is 0 Å². The van der Waals surface area contributed by atoms with Crippen LogP contribution in [0.1, 0.15) is 49.8 Å². The molecule has 1 atom stereocenters. The fourth-order valence-electron chi connectivity index (χ4n) is 3.56. The molecule has 2 rings (SSSR count). The number of anilines is 1. The van der Waals surface area contributed by atoms with E-state index >= 15 is 0 Å². The van der Waals surface area contributed by atoms with Crippen molar-refractivity contribution < 1.29 is 4.79 Å². The maximum atomic E-state index is 12.8. The van der Waals surface area contributed by atoms with Crippen molar-refractivity contribution in [1.29, 1.82) is 0 Å². The Balaban J connectivity index is 2.13.